The van der Waals surface area contributed by atoms with Gasteiger partial charge < -0.3 is 10.1 Å². The second-order valence-electron chi connectivity index (χ2n) is 10.6. The molecule has 0 saturated heterocycles. The normalized spacial score (nSPS) is 15.8. The summed E-state index contributed by atoms with van der Waals surface area (Å²) in [5.41, 5.74) is 5.22. The van der Waals surface area contributed by atoms with Crippen molar-refractivity contribution in [3.63, 3.8) is 0 Å². The molecule has 0 bridgehead atoms. The smallest absolute Gasteiger partial charge is 0.339 e. The Kier molecular flexibility index (Phi) is 6.74. The SMILES string of the molecule is CC(C)c1ccccc1NC(=O)COC(=O)c1c2c(nc3ccccc13)CCC(C(C)(C)C)C2. The molecule has 3 aromatic rings. The fourth-order valence-electron chi connectivity index (χ4n) is 4.86. The standard InChI is InChI=1S/C29H34N2O3/c1-18(2)20-10-6-8-12-23(20)31-26(32)17-34-28(33)27-21-11-7-9-13-24(21)30-25-15-14-19(16-22(25)27)29(3,4)5/h6-13,18-19H,14-17H2,1-5H3,(H,31,32). The van der Waals surface area contributed by atoms with Crippen molar-refractivity contribution in [3.8, 4) is 0 Å². The highest BCUT2D eigenvalue weighted by Gasteiger charge is 2.33. The van der Waals surface area contributed by atoms with Crippen LogP contribution >= 0.6 is 0 Å². The summed E-state index contributed by atoms with van der Waals surface area (Å²) < 4.78 is 5.58. The summed E-state index contributed by atoms with van der Waals surface area (Å²) in [6, 6.07) is 15.4. The number of aryl methyl sites for hydroxylation is 1. The lowest BCUT2D eigenvalue weighted by atomic mass is 9.70. The summed E-state index contributed by atoms with van der Waals surface area (Å²) in [6.45, 7) is 10.6. The van der Waals surface area contributed by atoms with E-state index in [1.54, 1.807) is 0 Å². The van der Waals surface area contributed by atoms with Crippen molar-refractivity contribution in [2.45, 2.75) is 59.8 Å². The second-order valence-corrected chi connectivity index (χ2v) is 10.6. The average Bonchev–Trinajstić information content (AvgIpc) is 2.80. The van der Waals surface area contributed by atoms with Crippen LogP contribution in [0.1, 0.15) is 74.1 Å². The number of benzene rings is 2. The molecule has 1 atom stereocenters. The predicted molar refractivity (Wildman–Crippen MR) is 136 cm³/mol. The van der Waals surface area contributed by atoms with Gasteiger partial charge in [-0.25, -0.2) is 4.79 Å². The van der Waals surface area contributed by atoms with Gasteiger partial charge >= 0.3 is 5.97 Å². The third kappa shape index (κ3) is 4.98. The number of hydrogen-bond donors (Lipinski definition) is 1. The first-order valence-corrected chi connectivity index (χ1v) is 12.1. The topological polar surface area (TPSA) is 68.3 Å². The van der Waals surface area contributed by atoms with Crippen molar-refractivity contribution in [2.75, 3.05) is 11.9 Å². The van der Waals surface area contributed by atoms with Crippen LogP contribution in [-0.2, 0) is 22.4 Å². The van der Waals surface area contributed by atoms with E-state index >= 15 is 0 Å². The average molecular weight is 459 g/mol. The van der Waals surface area contributed by atoms with E-state index in [1.807, 2.05) is 48.5 Å². The molecule has 0 radical (unpaired) electrons. The van der Waals surface area contributed by atoms with Gasteiger partial charge in [0.05, 0.1) is 11.1 Å². The van der Waals surface area contributed by atoms with E-state index in [1.165, 1.54) is 0 Å². The molecular formula is C29H34N2O3. The minimum absolute atomic E-state index is 0.133. The lowest BCUT2D eigenvalue weighted by molar-refractivity contribution is -0.119. The van der Waals surface area contributed by atoms with Crippen molar-refractivity contribution >= 4 is 28.5 Å². The molecule has 5 heteroatoms. The number of pyridine rings is 1. The van der Waals surface area contributed by atoms with Crippen molar-refractivity contribution < 1.29 is 14.3 Å². The monoisotopic (exact) mass is 458 g/mol. The molecule has 0 saturated carbocycles. The first-order valence-electron chi connectivity index (χ1n) is 12.1. The van der Waals surface area contributed by atoms with E-state index in [0.29, 0.717) is 11.5 Å². The Bertz CT molecular complexity index is 1220. The van der Waals surface area contributed by atoms with Gasteiger partial charge in [-0.1, -0.05) is 71.0 Å². The van der Waals surface area contributed by atoms with Gasteiger partial charge in [-0.05, 0) is 59.8 Å². The highest BCUT2D eigenvalue weighted by Crippen LogP contribution is 2.39. The maximum Gasteiger partial charge on any atom is 0.339 e. The van der Waals surface area contributed by atoms with Crippen LogP contribution in [0.2, 0.25) is 0 Å². The summed E-state index contributed by atoms with van der Waals surface area (Å²) in [6.07, 6.45) is 2.68. The van der Waals surface area contributed by atoms with Crippen molar-refractivity contribution in [1.29, 1.82) is 0 Å². The molecule has 1 aromatic heterocycles. The van der Waals surface area contributed by atoms with Crippen LogP contribution in [0.4, 0.5) is 5.69 Å². The number of esters is 1. The van der Waals surface area contributed by atoms with E-state index < -0.39 is 5.97 Å². The van der Waals surface area contributed by atoms with Crippen LogP contribution in [0.15, 0.2) is 48.5 Å². The maximum absolute atomic E-state index is 13.4. The molecule has 0 spiro atoms. The van der Waals surface area contributed by atoms with Gasteiger partial charge in [0, 0.05) is 16.8 Å². The molecule has 0 aliphatic heterocycles. The molecule has 2 aromatic carbocycles. The number of hydrogen-bond acceptors (Lipinski definition) is 4. The van der Waals surface area contributed by atoms with Crippen molar-refractivity contribution in [3.05, 3.63) is 70.9 Å². The summed E-state index contributed by atoms with van der Waals surface area (Å²) in [7, 11) is 0. The third-order valence-electron chi connectivity index (χ3n) is 6.88. The maximum atomic E-state index is 13.4. The number of fused-ring (bicyclic) bond motifs is 2. The number of nitrogens with zero attached hydrogens (tertiary/aromatic N) is 1. The zero-order valence-corrected chi connectivity index (χ0v) is 20.8. The molecule has 1 heterocycles. The number of para-hydroxylation sites is 2. The molecule has 178 valence electrons. The zero-order valence-electron chi connectivity index (χ0n) is 20.8. The van der Waals surface area contributed by atoms with Gasteiger partial charge in [-0.3, -0.25) is 9.78 Å². The molecule has 34 heavy (non-hydrogen) atoms. The van der Waals surface area contributed by atoms with Crippen LogP contribution in [-0.4, -0.2) is 23.5 Å². The molecule has 1 unspecified atom stereocenters. The Morgan fingerprint density at radius 1 is 1.09 bits per heavy atom. The van der Waals surface area contributed by atoms with Gasteiger partial charge in [-0.15, -0.1) is 0 Å². The number of ether oxygens (including phenoxy) is 1. The van der Waals surface area contributed by atoms with E-state index in [-0.39, 0.29) is 23.8 Å². The van der Waals surface area contributed by atoms with Gasteiger partial charge in [0.25, 0.3) is 5.91 Å². The first kappa shape index (κ1) is 23.9. The minimum atomic E-state index is -0.461. The third-order valence-corrected chi connectivity index (χ3v) is 6.88. The molecule has 1 aliphatic carbocycles. The lowest BCUT2D eigenvalue weighted by Gasteiger charge is -2.35. The van der Waals surface area contributed by atoms with E-state index in [2.05, 4.69) is 39.9 Å². The van der Waals surface area contributed by atoms with Gasteiger partial charge in [-0.2, -0.15) is 0 Å². The summed E-state index contributed by atoms with van der Waals surface area (Å²) in [5.74, 6) is -0.0900. The van der Waals surface area contributed by atoms with Gasteiger partial charge in [0.2, 0.25) is 0 Å². The highest BCUT2D eigenvalue weighted by atomic mass is 16.5. The quantitative estimate of drug-likeness (QED) is 0.455. The Hall–Kier alpha value is -3.21. The molecule has 1 N–H and O–H groups in total. The predicted octanol–water partition coefficient (Wildman–Crippen LogP) is 6.30. The Morgan fingerprint density at radius 3 is 2.53 bits per heavy atom. The van der Waals surface area contributed by atoms with Crippen LogP contribution in [0.5, 0.6) is 0 Å². The number of anilines is 1. The molecule has 1 aliphatic rings. The van der Waals surface area contributed by atoms with E-state index in [9.17, 15) is 9.59 Å². The number of amides is 1. The number of carbonyl (C=O) groups is 2. The van der Waals surface area contributed by atoms with Crippen molar-refractivity contribution in [1.82, 2.24) is 4.98 Å². The van der Waals surface area contributed by atoms with Crippen LogP contribution in [0, 0.1) is 11.3 Å². The molecule has 4 rings (SSSR count). The Labute approximate surface area is 201 Å². The minimum Gasteiger partial charge on any atom is -0.452 e. The number of carbonyl (C=O) groups excluding carboxylic acids is 2. The largest absolute Gasteiger partial charge is 0.452 e. The van der Waals surface area contributed by atoms with Crippen LogP contribution in [0.25, 0.3) is 10.9 Å². The van der Waals surface area contributed by atoms with Crippen LogP contribution < -0.4 is 5.32 Å². The molecule has 5 nitrogen and oxygen atoms in total. The summed E-state index contributed by atoms with van der Waals surface area (Å²) >= 11 is 0. The molecular weight excluding hydrogens is 424 g/mol. The highest BCUT2D eigenvalue weighted by molar-refractivity contribution is 6.06. The second kappa shape index (κ2) is 9.57. The molecule has 0 fully saturated rings. The molecule has 1 amide bonds. The number of rotatable bonds is 5. The summed E-state index contributed by atoms with van der Waals surface area (Å²) in [5, 5.41) is 3.68. The van der Waals surface area contributed by atoms with Gasteiger partial charge in [0.15, 0.2) is 6.61 Å². The number of nitrogens with one attached hydrogen (secondary N) is 1. The fraction of sp³-hybridized carbons (Fsp3) is 0.414. The summed E-state index contributed by atoms with van der Waals surface area (Å²) in [4.78, 5) is 30.9. The van der Waals surface area contributed by atoms with Crippen molar-refractivity contribution in [2.24, 2.45) is 11.3 Å². The van der Waals surface area contributed by atoms with Crippen LogP contribution in [0.3, 0.4) is 0 Å². The lowest BCUT2D eigenvalue weighted by Crippen LogP contribution is -2.29. The zero-order chi connectivity index (χ0) is 24.5. The van der Waals surface area contributed by atoms with E-state index in [0.717, 1.165) is 52.7 Å². The number of aromatic nitrogens is 1. The Morgan fingerprint density at radius 2 is 1.79 bits per heavy atom. The fourth-order valence-corrected chi connectivity index (χ4v) is 4.86. The first-order chi connectivity index (χ1) is 16.1. The van der Waals surface area contributed by atoms with Gasteiger partial charge in [0.1, 0.15) is 0 Å². The Balaban J connectivity index is 1.59. The van der Waals surface area contributed by atoms with E-state index in [4.69, 9.17) is 9.72 Å².